The Morgan fingerprint density at radius 1 is 1.13 bits per heavy atom. The van der Waals surface area contributed by atoms with Crippen LogP contribution in [0.15, 0.2) is 48.7 Å². The molecule has 114 valence electrons. The number of aromatic nitrogens is 2. The third kappa shape index (κ3) is 3.42. The molecule has 0 radical (unpaired) electrons. The molecule has 7 nitrogen and oxygen atoms in total. The Labute approximate surface area is 143 Å². The Morgan fingerprint density at radius 2 is 1.87 bits per heavy atom. The number of benzene rings is 2. The van der Waals surface area contributed by atoms with Crippen molar-refractivity contribution in [2.75, 3.05) is 0 Å². The number of hydrogen-bond acceptors (Lipinski definition) is 6. The van der Waals surface area contributed by atoms with Crippen molar-refractivity contribution in [2.24, 2.45) is 0 Å². The molecule has 3 aromatic rings. The Hall–Kier alpha value is -2.62. The first-order chi connectivity index (χ1) is 11.0. The molecule has 0 saturated heterocycles. The Kier molecular flexibility index (Phi) is 4.15. The minimum atomic E-state index is -0.674. The topological polar surface area (TPSA) is 95.2 Å². The average Bonchev–Trinajstić information content (AvgIpc) is 2.54. The van der Waals surface area contributed by atoms with Gasteiger partial charge in [0.2, 0.25) is 0 Å². The fraction of sp³-hybridized carbons (Fsp3) is 0. The predicted molar refractivity (Wildman–Crippen MR) is 90.3 cm³/mol. The summed E-state index contributed by atoms with van der Waals surface area (Å²) in [4.78, 5) is 30.5. The lowest BCUT2D eigenvalue weighted by molar-refractivity contribution is -0.384. The standard InChI is InChI=1S/C15H8IN3O4/c16-9-1-6-12-13(7-9)17-8-14(18-12)15(20)23-11-4-2-10(3-5-11)19(21)22/h1-8H. The molecule has 0 fully saturated rings. The number of ether oxygens (including phenoxy) is 1. The fourth-order valence-corrected chi connectivity index (χ4v) is 2.35. The predicted octanol–water partition coefficient (Wildman–Crippen LogP) is 3.36. The molecule has 0 aliphatic carbocycles. The number of esters is 1. The number of carbonyl (C=O) groups excluding carboxylic acids is 1. The van der Waals surface area contributed by atoms with Gasteiger partial charge in [0.1, 0.15) is 5.75 Å². The highest BCUT2D eigenvalue weighted by atomic mass is 127. The van der Waals surface area contributed by atoms with E-state index in [0.29, 0.717) is 11.0 Å². The fourth-order valence-electron chi connectivity index (χ4n) is 1.88. The summed E-state index contributed by atoms with van der Waals surface area (Å²) in [7, 11) is 0. The van der Waals surface area contributed by atoms with Crippen LogP contribution in [0.25, 0.3) is 11.0 Å². The Balaban J connectivity index is 1.82. The van der Waals surface area contributed by atoms with Gasteiger partial charge in [-0.15, -0.1) is 0 Å². The smallest absolute Gasteiger partial charge is 0.363 e. The highest BCUT2D eigenvalue weighted by Crippen LogP contribution is 2.19. The Bertz CT molecular complexity index is 912. The van der Waals surface area contributed by atoms with Crippen molar-refractivity contribution in [3.8, 4) is 5.75 Å². The first-order valence-corrected chi connectivity index (χ1v) is 7.50. The number of nitrogens with zero attached hydrogens (tertiary/aromatic N) is 3. The van der Waals surface area contributed by atoms with E-state index < -0.39 is 10.9 Å². The van der Waals surface area contributed by atoms with Gasteiger partial charge in [0, 0.05) is 15.7 Å². The number of non-ortho nitro benzene ring substituents is 1. The number of nitro groups is 1. The molecule has 0 bridgehead atoms. The number of rotatable bonds is 3. The zero-order valence-electron chi connectivity index (χ0n) is 11.5. The van der Waals surface area contributed by atoms with Crippen LogP contribution in [0.5, 0.6) is 5.75 Å². The highest BCUT2D eigenvalue weighted by molar-refractivity contribution is 14.1. The molecule has 0 N–H and O–H groups in total. The second-order valence-electron chi connectivity index (χ2n) is 4.53. The van der Waals surface area contributed by atoms with E-state index in [1.807, 2.05) is 12.1 Å². The lowest BCUT2D eigenvalue weighted by Crippen LogP contribution is -2.11. The van der Waals surface area contributed by atoms with Gasteiger partial charge >= 0.3 is 5.97 Å². The second-order valence-corrected chi connectivity index (χ2v) is 5.77. The van der Waals surface area contributed by atoms with E-state index in [0.717, 1.165) is 3.57 Å². The number of carbonyl (C=O) groups is 1. The molecule has 8 heteroatoms. The van der Waals surface area contributed by atoms with Crippen LogP contribution in [-0.2, 0) is 0 Å². The van der Waals surface area contributed by atoms with Gasteiger partial charge in [-0.2, -0.15) is 0 Å². The zero-order valence-corrected chi connectivity index (χ0v) is 13.6. The maximum absolute atomic E-state index is 12.1. The molecule has 0 unspecified atom stereocenters. The molecule has 0 amide bonds. The van der Waals surface area contributed by atoms with Crippen molar-refractivity contribution < 1.29 is 14.5 Å². The van der Waals surface area contributed by atoms with Gasteiger partial charge < -0.3 is 4.74 Å². The summed E-state index contributed by atoms with van der Waals surface area (Å²) >= 11 is 2.16. The first kappa shape index (κ1) is 15.3. The van der Waals surface area contributed by atoms with Crippen LogP contribution < -0.4 is 4.74 Å². The van der Waals surface area contributed by atoms with Crippen molar-refractivity contribution in [1.82, 2.24) is 9.97 Å². The van der Waals surface area contributed by atoms with E-state index in [9.17, 15) is 14.9 Å². The lowest BCUT2D eigenvalue weighted by atomic mass is 10.3. The van der Waals surface area contributed by atoms with Crippen molar-refractivity contribution in [1.29, 1.82) is 0 Å². The van der Waals surface area contributed by atoms with Crippen molar-refractivity contribution in [3.05, 3.63) is 68.0 Å². The largest absolute Gasteiger partial charge is 0.422 e. The molecule has 23 heavy (non-hydrogen) atoms. The van der Waals surface area contributed by atoms with E-state index >= 15 is 0 Å². The van der Waals surface area contributed by atoms with E-state index in [2.05, 4.69) is 32.6 Å². The van der Waals surface area contributed by atoms with Crippen LogP contribution in [0.2, 0.25) is 0 Å². The summed E-state index contributed by atoms with van der Waals surface area (Å²) in [5.41, 5.74) is 1.26. The van der Waals surface area contributed by atoms with E-state index in [4.69, 9.17) is 4.74 Å². The summed E-state index contributed by atoms with van der Waals surface area (Å²) in [6.45, 7) is 0. The molecule has 3 rings (SSSR count). The van der Waals surface area contributed by atoms with Gasteiger partial charge in [0.25, 0.3) is 5.69 Å². The quantitative estimate of drug-likeness (QED) is 0.212. The highest BCUT2D eigenvalue weighted by Gasteiger charge is 2.13. The molecule has 2 aromatic carbocycles. The van der Waals surface area contributed by atoms with Crippen LogP contribution in [0.1, 0.15) is 10.5 Å². The van der Waals surface area contributed by atoms with Crippen LogP contribution in [0.4, 0.5) is 5.69 Å². The van der Waals surface area contributed by atoms with Crippen molar-refractivity contribution in [3.63, 3.8) is 0 Å². The Morgan fingerprint density at radius 3 is 2.57 bits per heavy atom. The molecule has 0 atom stereocenters. The number of halogens is 1. The van der Waals surface area contributed by atoms with Gasteiger partial charge in [-0.25, -0.2) is 9.78 Å². The van der Waals surface area contributed by atoms with Gasteiger partial charge in [-0.1, -0.05) is 0 Å². The summed E-state index contributed by atoms with van der Waals surface area (Å²) in [5.74, 6) is -0.475. The van der Waals surface area contributed by atoms with E-state index in [-0.39, 0.29) is 17.1 Å². The second kappa shape index (κ2) is 6.24. The van der Waals surface area contributed by atoms with Gasteiger partial charge in [0.15, 0.2) is 5.69 Å². The van der Waals surface area contributed by atoms with E-state index in [1.54, 1.807) is 6.07 Å². The number of hydrogen-bond donors (Lipinski definition) is 0. The third-order valence-corrected chi connectivity index (χ3v) is 3.64. The maximum Gasteiger partial charge on any atom is 0.363 e. The molecule has 1 aromatic heterocycles. The first-order valence-electron chi connectivity index (χ1n) is 6.42. The molecular weight excluding hydrogens is 413 g/mol. The molecule has 0 aliphatic rings. The zero-order chi connectivity index (χ0) is 16.4. The van der Waals surface area contributed by atoms with Crippen LogP contribution in [0, 0.1) is 13.7 Å². The lowest BCUT2D eigenvalue weighted by Gasteiger charge is -2.04. The molecular formula is C15H8IN3O4. The van der Waals surface area contributed by atoms with Crippen LogP contribution in [-0.4, -0.2) is 20.9 Å². The number of fused-ring (bicyclic) bond motifs is 1. The average molecular weight is 421 g/mol. The molecule has 0 aliphatic heterocycles. The number of nitro benzene ring substituents is 1. The van der Waals surface area contributed by atoms with Crippen molar-refractivity contribution >= 4 is 45.3 Å². The summed E-state index contributed by atoms with van der Waals surface area (Å²) in [6, 6.07) is 10.7. The van der Waals surface area contributed by atoms with Crippen LogP contribution >= 0.6 is 22.6 Å². The molecule has 0 saturated carbocycles. The van der Waals surface area contributed by atoms with Gasteiger partial charge in [-0.3, -0.25) is 15.1 Å². The minimum Gasteiger partial charge on any atom is -0.422 e. The minimum absolute atomic E-state index is 0.0667. The monoisotopic (exact) mass is 421 g/mol. The molecule has 0 spiro atoms. The molecule has 1 heterocycles. The normalized spacial score (nSPS) is 10.5. The maximum atomic E-state index is 12.1. The van der Waals surface area contributed by atoms with E-state index in [1.165, 1.54) is 30.5 Å². The summed E-state index contributed by atoms with van der Waals surface area (Å²) in [6.07, 6.45) is 1.34. The van der Waals surface area contributed by atoms with Gasteiger partial charge in [0.05, 0.1) is 22.2 Å². The summed E-state index contributed by atoms with van der Waals surface area (Å²) < 4.78 is 6.16. The van der Waals surface area contributed by atoms with Crippen molar-refractivity contribution in [2.45, 2.75) is 0 Å². The third-order valence-electron chi connectivity index (χ3n) is 2.97. The SMILES string of the molecule is O=C(Oc1ccc([N+](=O)[O-])cc1)c1cnc2cc(I)ccc2n1. The van der Waals surface area contributed by atoms with Gasteiger partial charge in [-0.05, 0) is 52.9 Å². The van der Waals surface area contributed by atoms with Crippen LogP contribution in [0.3, 0.4) is 0 Å². The summed E-state index contributed by atoms with van der Waals surface area (Å²) in [5, 5.41) is 10.6.